The van der Waals surface area contributed by atoms with Crippen LogP contribution in [-0.4, -0.2) is 21.4 Å². The highest BCUT2D eigenvalue weighted by Gasteiger charge is 2.45. The van der Waals surface area contributed by atoms with Crippen LogP contribution in [0.25, 0.3) is 0 Å². The van der Waals surface area contributed by atoms with Gasteiger partial charge in [0, 0.05) is 29.1 Å². The molecule has 2 atom stereocenters. The number of aromatic nitrogens is 2. The second-order valence-electron chi connectivity index (χ2n) is 7.37. The highest BCUT2D eigenvalue weighted by Crippen LogP contribution is 2.40. The first-order valence-electron chi connectivity index (χ1n) is 9.48. The van der Waals surface area contributed by atoms with E-state index in [0.29, 0.717) is 21.3 Å². The molecule has 0 aliphatic carbocycles. The third-order valence-corrected chi connectivity index (χ3v) is 5.43. The van der Waals surface area contributed by atoms with Gasteiger partial charge in [-0.1, -0.05) is 18.2 Å². The van der Waals surface area contributed by atoms with Gasteiger partial charge in [0.05, 0.1) is 6.04 Å². The van der Waals surface area contributed by atoms with Crippen LogP contribution in [0.3, 0.4) is 0 Å². The number of hydrogen-bond acceptors (Lipinski definition) is 4. The van der Waals surface area contributed by atoms with Crippen molar-refractivity contribution in [2.24, 2.45) is 4.99 Å². The Morgan fingerprint density at radius 1 is 1.10 bits per heavy atom. The minimum absolute atomic E-state index is 0.137. The molecule has 9 heteroatoms. The number of amidine groups is 1. The van der Waals surface area contributed by atoms with E-state index in [9.17, 15) is 22.4 Å². The summed E-state index contributed by atoms with van der Waals surface area (Å²) in [6, 6.07) is 9.48. The van der Waals surface area contributed by atoms with Crippen LogP contribution in [0.5, 0.6) is 0 Å². The van der Waals surface area contributed by atoms with E-state index >= 15 is 0 Å². The monoisotopic (exact) mass is 430 g/mol. The van der Waals surface area contributed by atoms with E-state index in [-0.39, 0.29) is 11.4 Å². The van der Waals surface area contributed by atoms with Crippen molar-refractivity contribution in [2.75, 3.05) is 0 Å². The maximum atomic E-state index is 13.6. The Hall–Kier alpha value is -3.49. The Labute approximate surface area is 175 Å². The number of nitrogens with zero attached hydrogens (tertiary/aromatic N) is 3. The molecule has 3 aromatic rings. The maximum Gasteiger partial charge on any atom is 0.321 e. The molecular weight excluding hydrogens is 412 g/mol. The third-order valence-electron chi connectivity index (χ3n) is 5.43. The van der Waals surface area contributed by atoms with Gasteiger partial charge in [-0.25, -0.2) is 14.4 Å². The Morgan fingerprint density at radius 2 is 1.77 bits per heavy atom. The molecule has 0 unspecified atom stereocenters. The van der Waals surface area contributed by atoms with Gasteiger partial charge < -0.3 is 5.32 Å². The first-order chi connectivity index (χ1) is 14.7. The average molecular weight is 430 g/mol. The fourth-order valence-electron chi connectivity index (χ4n) is 3.88. The molecule has 0 amide bonds. The summed E-state index contributed by atoms with van der Waals surface area (Å²) in [4.78, 5) is 20.5. The number of aryl methyl sites for hydroxylation is 1. The number of pyridine rings is 2. The van der Waals surface area contributed by atoms with Crippen LogP contribution in [0.2, 0.25) is 0 Å². The molecule has 1 N–H and O–H groups in total. The lowest BCUT2D eigenvalue weighted by atomic mass is 9.79. The summed E-state index contributed by atoms with van der Waals surface area (Å²) in [5.74, 6) is -0.822. The number of hydrogen-bond donors (Lipinski definition) is 1. The van der Waals surface area contributed by atoms with Crippen molar-refractivity contribution >= 4 is 5.84 Å². The quantitative estimate of drug-likeness (QED) is 0.505. The summed E-state index contributed by atoms with van der Waals surface area (Å²) in [6.07, 6.45) is 2.39. The molecule has 0 fully saturated rings. The van der Waals surface area contributed by atoms with E-state index in [1.807, 2.05) is 6.92 Å². The number of aliphatic imine (C=N–C) groups is 1. The van der Waals surface area contributed by atoms with Crippen LogP contribution in [0, 0.1) is 18.7 Å². The molecule has 3 heterocycles. The van der Waals surface area contributed by atoms with Crippen LogP contribution in [0.4, 0.5) is 17.6 Å². The summed E-state index contributed by atoms with van der Waals surface area (Å²) >= 11 is 0. The highest BCUT2D eigenvalue weighted by molar-refractivity contribution is 6.01. The molecule has 0 saturated heterocycles. The Kier molecular flexibility index (Phi) is 5.12. The molecule has 160 valence electrons. The maximum absolute atomic E-state index is 13.6. The summed E-state index contributed by atoms with van der Waals surface area (Å²) in [5.41, 5.74) is -0.340. The molecule has 4 rings (SSSR count). The van der Waals surface area contributed by atoms with E-state index in [2.05, 4.69) is 10.3 Å². The van der Waals surface area contributed by atoms with Gasteiger partial charge >= 0.3 is 6.55 Å². The van der Waals surface area contributed by atoms with Gasteiger partial charge in [-0.15, -0.1) is 0 Å². The summed E-state index contributed by atoms with van der Waals surface area (Å²) in [5, 5.41) is 3.17. The summed E-state index contributed by atoms with van der Waals surface area (Å²) in [7, 11) is 0. The van der Waals surface area contributed by atoms with Crippen molar-refractivity contribution in [3.05, 3.63) is 99.2 Å². The first-order valence-corrected chi connectivity index (χ1v) is 9.48. The molecule has 1 aliphatic rings. The highest BCUT2D eigenvalue weighted by atomic mass is 19.3. The lowest BCUT2D eigenvalue weighted by Gasteiger charge is -2.31. The fraction of sp³-hybridized carbons (Fsp3) is 0.227. The molecular formula is C22H18F4N4O. The number of alkyl halides is 2. The third kappa shape index (κ3) is 3.49. The van der Waals surface area contributed by atoms with Crippen molar-refractivity contribution in [3.8, 4) is 0 Å². The molecule has 5 nitrogen and oxygen atoms in total. The predicted octanol–water partition coefficient (Wildman–Crippen LogP) is 3.91. The topological polar surface area (TPSA) is 59.3 Å². The molecule has 1 aromatic carbocycles. The fourth-order valence-corrected chi connectivity index (χ4v) is 3.88. The summed E-state index contributed by atoms with van der Waals surface area (Å²) < 4.78 is 54.1. The number of rotatable bonds is 4. The van der Waals surface area contributed by atoms with E-state index < -0.39 is 35.5 Å². The zero-order chi connectivity index (χ0) is 22.3. The minimum Gasteiger partial charge on any atom is -0.364 e. The van der Waals surface area contributed by atoms with Crippen LogP contribution in [-0.2, 0) is 5.54 Å². The van der Waals surface area contributed by atoms with Crippen molar-refractivity contribution in [1.29, 1.82) is 0 Å². The molecule has 0 bridgehead atoms. The van der Waals surface area contributed by atoms with Crippen molar-refractivity contribution in [1.82, 2.24) is 14.9 Å². The first kappa shape index (κ1) is 20.8. The van der Waals surface area contributed by atoms with Gasteiger partial charge in [0.25, 0.3) is 5.56 Å². The smallest absolute Gasteiger partial charge is 0.321 e. The number of halogens is 4. The molecule has 2 aromatic heterocycles. The molecule has 1 aliphatic heterocycles. The average Bonchev–Trinajstić information content (AvgIpc) is 3.09. The van der Waals surface area contributed by atoms with Gasteiger partial charge in [0.2, 0.25) is 5.95 Å². The second-order valence-corrected chi connectivity index (χ2v) is 7.37. The van der Waals surface area contributed by atoms with Gasteiger partial charge in [-0.05, 0) is 43.7 Å². The van der Waals surface area contributed by atoms with E-state index in [1.54, 1.807) is 12.1 Å². The zero-order valence-electron chi connectivity index (χ0n) is 16.6. The summed E-state index contributed by atoms with van der Waals surface area (Å²) in [6.45, 7) is 0.258. The van der Waals surface area contributed by atoms with E-state index in [4.69, 9.17) is 4.99 Å². The molecule has 0 radical (unpaired) electrons. The van der Waals surface area contributed by atoms with Crippen LogP contribution in [0.15, 0.2) is 64.6 Å². The Balaban J connectivity index is 1.94. The Morgan fingerprint density at radius 3 is 2.39 bits per heavy atom. The van der Waals surface area contributed by atoms with Gasteiger partial charge in [-0.2, -0.15) is 13.2 Å². The van der Waals surface area contributed by atoms with Crippen LogP contribution >= 0.6 is 0 Å². The van der Waals surface area contributed by atoms with Crippen molar-refractivity contribution < 1.29 is 17.6 Å². The second kappa shape index (κ2) is 7.64. The standard InChI is InChI=1S/C22H18F4N4O/c1-12-9-14(11-30(20(12)31)21(25)26)19-28-13(2)22(29-19,15-3-6-17(23)7-4-15)16-5-8-18(24)27-10-16/h3-11,13,21H,1-2H3,(H,28,29)/t13-,22+/m0/s1. The van der Waals surface area contributed by atoms with Crippen LogP contribution in [0.1, 0.15) is 35.7 Å². The SMILES string of the molecule is Cc1cc(C2=N[C@](c3ccc(F)cc3)(c3ccc(F)nc3)[C@H](C)N2)cn(C(F)F)c1=O. The lowest BCUT2D eigenvalue weighted by Crippen LogP contribution is -2.41. The Bertz CT molecular complexity index is 1160. The van der Waals surface area contributed by atoms with E-state index in [0.717, 1.165) is 6.20 Å². The van der Waals surface area contributed by atoms with Crippen molar-refractivity contribution in [2.45, 2.75) is 32.0 Å². The number of nitrogens with one attached hydrogen (secondary N) is 1. The molecule has 31 heavy (non-hydrogen) atoms. The molecule has 0 saturated carbocycles. The predicted molar refractivity (Wildman–Crippen MR) is 107 cm³/mol. The van der Waals surface area contributed by atoms with Crippen LogP contribution < -0.4 is 10.9 Å². The van der Waals surface area contributed by atoms with Gasteiger partial charge in [0.1, 0.15) is 17.2 Å². The number of benzene rings is 1. The normalized spacial score (nSPS) is 20.6. The van der Waals surface area contributed by atoms with E-state index in [1.165, 1.54) is 43.5 Å². The van der Waals surface area contributed by atoms with Gasteiger partial charge in [0.15, 0.2) is 0 Å². The zero-order valence-corrected chi connectivity index (χ0v) is 16.6. The van der Waals surface area contributed by atoms with Crippen molar-refractivity contribution in [3.63, 3.8) is 0 Å². The minimum atomic E-state index is -3.01. The lowest BCUT2D eigenvalue weighted by molar-refractivity contribution is 0.0660. The largest absolute Gasteiger partial charge is 0.364 e. The van der Waals surface area contributed by atoms with Gasteiger partial charge in [-0.3, -0.25) is 9.36 Å². The molecule has 0 spiro atoms.